The molecule has 0 saturated carbocycles. The van der Waals surface area contributed by atoms with Crippen LogP contribution in [0.15, 0.2) is 23.2 Å². The molecule has 0 heterocycles. The summed E-state index contributed by atoms with van der Waals surface area (Å²) in [6.45, 7) is 4.87. The summed E-state index contributed by atoms with van der Waals surface area (Å²) in [5.41, 5.74) is 0.966. The molecule has 0 aromatic heterocycles. The summed E-state index contributed by atoms with van der Waals surface area (Å²) in [6.07, 6.45) is 0.761. The zero-order valence-corrected chi connectivity index (χ0v) is 15.2. The molecule has 0 bridgehead atoms. The van der Waals surface area contributed by atoms with Crippen molar-refractivity contribution in [1.29, 1.82) is 0 Å². The molecule has 3 nitrogen and oxygen atoms in total. The Bertz CT molecular complexity index is 402. The lowest BCUT2D eigenvalue weighted by Crippen LogP contribution is -2.41. The molecule has 0 amide bonds. The van der Waals surface area contributed by atoms with Crippen LogP contribution in [-0.2, 0) is 6.42 Å². The summed E-state index contributed by atoms with van der Waals surface area (Å²) in [5.74, 6) is 0.785. The average molecular weight is 416 g/mol. The van der Waals surface area contributed by atoms with Gasteiger partial charge in [-0.25, -0.2) is 0 Å². The van der Waals surface area contributed by atoms with Crippen LogP contribution in [-0.4, -0.2) is 25.6 Å². The standard InChI is InChI=1S/C13H19Cl2N3.HI/c1-9(2)18-13(16-3)17-8-7-10-11(14)5-4-6-12(10)15;/h4-6,9H,7-8H2,1-3H3,(H2,16,17,18);1H. The minimum absolute atomic E-state index is 0. The topological polar surface area (TPSA) is 36.4 Å². The van der Waals surface area contributed by atoms with Crippen molar-refractivity contribution in [3.8, 4) is 0 Å². The Labute approximate surface area is 142 Å². The van der Waals surface area contributed by atoms with Crippen LogP contribution in [0.1, 0.15) is 19.4 Å². The van der Waals surface area contributed by atoms with Crippen molar-refractivity contribution in [2.75, 3.05) is 13.6 Å². The van der Waals surface area contributed by atoms with Gasteiger partial charge in [0.25, 0.3) is 0 Å². The van der Waals surface area contributed by atoms with E-state index in [4.69, 9.17) is 23.2 Å². The van der Waals surface area contributed by atoms with E-state index in [9.17, 15) is 0 Å². The van der Waals surface area contributed by atoms with Crippen LogP contribution in [0.3, 0.4) is 0 Å². The molecule has 1 rings (SSSR count). The summed E-state index contributed by atoms with van der Waals surface area (Å²) in [7, 11) is 1.75. The summed E-state index contributed by atoms with van der Waals surface area (Å²) in [6, 6.07) is 5.90. The minimum atomic E-state index is 0. The van der Waals surface area contributed by atoms with E-state index in [1.165, 1.54) is 0 Å². The first-order chi connectivity index (χ1) is 8.54. The fourth-order valence-electron chi connectivity index (χ4n) is 1.55. The third kappa shape index (κ3) is 6.68. The van der Waals surface area contributed by atoms with E-state index in [-0.39, 0.29) is 24.0 Å². The van der Waals surface area contributed by atoms with Gasteiger partial charge in [0.15, 0.2) is 5.96 Å². The Morgan fingerprint density at radius 1 is 1.26 bits per heavy atom. The van der Waals surface area contributed by atoms with E-state index in [0.29, 0.717) is 16.1 Å². The second-order valence-electron chi connectivity index (χ2n) is 4.25. The van der Waals surface area contributed by atoms with Gasteiger partial charge in [-0.3, -0.25) is 4.99 Å². The molecule has 6 heteroatoms. The predicted octanol–water partition coefficient (Wildman–Crippen LogP) is 3.73. The van der Waals surface area contributed by atoms with Crippen LogP contribution in [0.25, 0.3) is 0 Å². The highest BCUT2D eigenvalue weighted by Gasteiger charge is 2.05. The second kappa shape index (κ2) is 9.66. The molecule has 19 heavy (non-hydrogen) atoms. The van der Waals surface area contributed by atoms with Crippen molar-refractivity contribution in [1.82, 2.24) is 10.6 Å². The zero-order valence-electron chi connectivity index (χ0n) is 11.3. The summed E-state index contributed by atoms with van der Waals surface area (Å²) < 4.78 is 0. The van der Waals surface area contributed by atoms with Crippen LogP contribution in [0.2, 0.25) is 10.0 Å². The molecule has 0 aliphatic carbocycles. The number of nitrogens with zero attached hydrogens (tertiary/aromatic N) is 1. The van der Waals surface area contributed by atoms with E-state index >= 15 is 0 Å². The lowest BCUT2D eigenvalue weighted by Gasteiger charge is -2.15. The molecule has 0 saturated heterocycles. The summed E-state index contributed by atoms with van der Waals surface area (Å²) >= 11 is 12.2. The number of benzene rings is 1. The van der Waals surface area contributed by atoms with Crippen LogP contribution in [0, 0.1) is 0 Å². The van der Waals surface area contributed by atoms with Crippen molar-refractivity contribution < 1.29 is 0 Å². The number of guanidine groups is 1. The van der Waals surface area contributed by atoms with Gasteiger partial charge in [-0.05, 0) is 38.0 Å². The maximum absolute atomic E-state index is 6.10. The molecule has 0 radical (unpaired) electrons. The first-order valence-corrected chi connectivity index (χ1v) is 6.70. The van der Waals surface area contributed by atoms with E-state index in [2.05, 4.69) is 29.5 Å². The maximum atomic E-state index is 6.10. The van der Waals surface area contributed by atoms with Crippen molar-refractivity contribution in [3.63, 3.8) is 0 Å². The van der Waals surface area contributed by atoms with Crippen LogP contribution < -0.4 is 10.6 Å². The van der Waals surface area contributed by atoms with Crippen LogP contribution in [0.4, 0.5) is 0 Å². The second-order valence-corrected chi connectivity index (χ2v) is 5.06. The van der Waals surface area contributed by atoms with Crippen molar-refractivity contribution >= 4 is 53.1 Å². The number of aliphatic imine (C=N–C) groups is 1. The van der Waals surface area contributed by atoms with Crippen molar-refractivity contribution in [3.05, 3.63) is 33.8 Å². The van der Waals surface area contributed by atoms with Gasteiger partial charge in [0.05, 0.1) is 0 Å². The third-order valence-electron chi connectivity index (χ3n) is 2.38. The lowest BCUT2D eigenvalue weighted by molar-refractivity contribution is 0.698. The normalized spacial score (nSPS) is 11.2. The molecule has 0 aliphatic heterocycles. The van der Waals surface area contributed by atoms with Gasteiger partial charge in [-0.1, -0.05) is 29.3 Å². The van der Waals surface area contributed by atoms with Crippen LogP contribution >= 0.6 is 47.2 Å². The number of hydrogen-bond acceptors (Lipinski definition) is 1. The first kappa shape index (κ1) is 18.8. The molecule has 1 aromatic carbocycles. The van der Waals surface area contributed by atoms with E-state index < -0.39 is 0 Å². The van der Waals surface area contributed by atoms with E-state index in [1.807, 2.05) is 18.2 Å². The highest BCUT2D eigenvalue weighted by molar-refractivity contribution is 14.0. The van der Waals surface area contributed by atoms with Crippen LogP contribution in [0.5, 0.6) is 0 Å². The molecular weight excluding hydrogens is 396 g/mol. The smallest absolute Gasteiger partial charge is 0.191 e. The Hall–Kier alpha value is -0.200. The molecule has 1 aromatic rings. The molecule has 0 fully saturated rings. The highest BCUT2D eigenvalue weighted by Crippen LogP contribution is 2.24. The van der Waals surface area contributed by atoms with E-state index in [0.717, 1.165) is 24.5 Å². The Morgan fingerprint density at radius 3 is 2.32 bits per heavy atom. The largest absolute Gasteiger partial charge is 0.356 e. The Morgan fingerprint density at radius 2 is 1.84 bits per heavy atom. The van der Waals surface area contributed by atoms with Gasteiger partial charge in [-0.15, -0.1) is 24.0 Å². The molecular formula is C13H20Cl2IN3. The fourth-order valence-corrected chi connectivity index (χ4v) is 2.13. The highest BCUT2D eigenvalue weighted by atomic mass is 127. The average Bonchev–Trinajstić information content (AvgIpc) is 2.31. The monoisotopic (exact) mass is 415 g/mol. The molecule has 0 unspecified atom stereocenters. The van der Waals surface area contributed by atoms with Gasteiger partial charge in [0.1, 0.15) is 0 Å². The zero-order chi connectivity index (χ0) is 13.5. The first-order valence-electron chi connectivity index (χ1n) is 5.94. The minimum Gasteiger partial charge on any atom is -0.356 e. The quantitative estimate of drug-likeness (QED) is 0.446. The van der Waals surface area contributed by atoms with Gasteiger partial charge in [-0.2, -0.15) is 0 Å². The SMILES string of the molecule is CN=C(NCCc1c(Cl)cccc1Cl)NC(C)C.I. The third-order valence-corrected chi connectivity index (χ3v) is 3.09. The summed E-state index contributed by atoms with van der Waals surface area (Å²) in [5, 5.41) is 7.85. The van der Waals surface area contributed by atoms with Crippen molar-refractivity contribution in [2.24, 2.45) is 4.99 Å². The van der Waals surface area contributed by atoms with E-state index in [1.54, 1.807) is 7.05 Å². The van der Waals surface area contributed by atoms with Crippen molar-refractivity contribution in [2.45, 2.75) is 26.3 Å². The Kier molecular flexibility index (Phi) is 9.56. The molecule has 108 valence electrons. The Balaban J connectivity index is 0.00000324. The molecule has 0 atom stereocenters. The van der Waals surface area contributed by atoms with Gasteiger partial charge in [0.2, 0.25) is 0 Å². The predicted molar refractivity (Wildman–Crippen MR) is 95.2 cm³/mol. The number of nitrogens with one attached hydrogen (secondary N) is 2. The van der Waals surface area contributed by atoms with Gasteiger partial charge < -0.3 is 10.6 Å². The number of rotatable bonds is 4. The lowest BCUT2D eigenvalue weighted by atomic mass is 10.1. The number of hydrogen-bond donors (Lipinski definition) is 2. The molecule has 0 spiro atoms. The fraction of sp³-hybridized carbons (Fsp3) is 0.462. The maximum Gasteiger partial charge on any atom is 0.191 e. The van der Waals surface area contributed by atoms with Gasteiger partial charge >= 0.3 is 0 Å². The number of halogens is 3. The van der Waals surface area contributed by atoms with Gasteiger partial charge in [0, 0.05) is 29.7 Å². The summed E-state index contributed by atoms with van der Waals surface area (Å²) in [4.78, 5) is 4.13. The molecule has 0 aliphatic rings. The molecule has 2 N–H and O–H groups in total.